The predicted molar refractivity (Wildman–Crippen MR) is 117 cm³/mol. The van der Waals surface area contributed by atoms with Crippen LogP contribution in [0.15, 0.2) is 46.4 Å². The second-order valence-electron chi connectivity index (χ2n) is 7.62. The molecular formula is C21H21FN4O5S. The van der Waals surface area contributed by atoms with Crippen molar-refractivity contribution >= 4 is 45.8 Å². The Morgan fingerprint density at radius 1 is 1.16 bits per heavy atom. The molecular weight excluding hydrogens is 439 g/mol. The number of nitrogens with zero attached hydrogens (tertiary/aromatic N) is 1. The van der Waals surface area contributed by atoms with Crippen LogP contribution in [-0.4, -0.2) is 28.5 Å². The standard InChI is InChI=1S/C21H21FN4O5S/c1-21(2,3)31-20(29)25-15-9-12(6-7-14(15)22)23-17(27)10-13-11-32-19(24-13)26-18(28)16-5-4-8-30-16/h4-9,11H,10H2,1-3H3,(H,23,27)(H,25,29)(H,24,26,28). The molecule has 0 radical (unpaired) electrons. The van der Waals surface area contributed by atoms with Gasteiger partial charge in [-0.25, -0.2) is 14.2 Å². The van der Waals surface area contributed by atoms with Gasteiger partial charge >= 0.3 is 6.09 Å². The van der Waals surface area contributed by atoms with Crippen LogP contribution in [0.2, 0.25) is 0 Å². The molecule has 3 aromatic rings. The Labute approximate surface area is 187 Å². The summed E-state index contributed by atoms with van der Waals surface area (Å²) in [5.74, 6) is -1.39. The van der Waals surface area contributed by atoms with Crippen molar-refractivity contribution in [2.45, 2.75) is 32.8 Å². The van der Waals surface area contributed by atoms with E-state index in [1.54, 1.807) is 32.2 Å². The summed E-state index contributed by atoms with van der Waals surface area (Å²) in [6.45, 7) is 5.06. The van der Waals surface area contributed by atoms with Crippen LogP contribution in [0, 0.1) is 5.82 Å². The third kappa shape index (κ3) is 6.64. The maximum atomic E-state index is 14.0. The Bertz CT molecular complexity index is 1120. The van der Waals surface area contributed by atoms with E-state index in [-0.39, 0.29) is 23.6 Å². The monoisotopic (exact) mass is 460 g/mol. The topological polar surface area (TPSA) is 123 Å². The zero-order valence-electron chi connectivity index (χ0n) is 17.5. The van der Waals surface area contributed by atoms with Crippen molar-refractivity contribution in [3.63, 3.8) is 0 Å². The third-order valence-corrected chi connectivity index (χ3v) is 4.55. The summed E-state index contributed by atoms with van der Waals surface area (Å²) in [5.41, 5.74) is -0.148. The highest BCUT2D eigenvalue weighted by Crippen LogP contribution is 2.22. The summed E-state index contributed by atoms with van der Waals surface area (Å²) in [7, 11) is 0. The van der Waals surface area contributed by atoms with Gasteiger partial charge in [0, 0.05) is 11.1 Å². The molecule has 168 valence electrons. The number of furan rings is 1. The molecule has 1 aromatic carbocycles. The van der Waals surface area contributed by atoms with Crippen molar-refractivity contribution in [1.29, 1.82) is 0 Å². The number of carbonyl (C=O) groups excluding carboxylic acids is 3. The van der Waals surface area contributed by atoms with Gasteiger partial charge in [0.25, 0.3) is 5.91 Å². The highest BCUT2D eigenvalue weighted by atomic mass is 32.1. The number of anilines is 3. The molecule has 0 aliphatic heterocycles. The second-order valence-corrected chi connectivity index (χ2v) is 8.48. The predicted octanol–water partition coefficient (Wildman–Crippen LogP) is 4.66. The normalized spacial score (nSPS) is 11.0. The van der Waals surface area contributed by atoms with Gasteiger partial charge in [0.1, 0.15) is 11.4 Å². The lowest BCUT2D eigenvalue weighted by atomic mass is 10.2. The molecule has 0 fully saturated rings. The van der Waals surface area contributed by atoms with Gasteiger partial charge in [0.15, 0.2) is 10.9 Å². The molecule has 0 aliphatic rings. The second kappa shape index (κ2) is 9.60. The van der Waals surface area contributed by atoms with Gasteiger partial charge in [-0.2, -0.15) is 0 Å². The summed E-state index contributed by atoms with van der Waals surface area (Å²) in [6.07, 6.45) is 0.502. The average molecular weight is 460 g/mol. The van der Waals surface area contributed by atoms with Crippen LogP contribution in [-0.2, 0) is 16.0 Å². The fourth-order valence-electron chi connectivity index (χ4n) is 2.49. The number of hydrogen-bond acceptors (Lipinski definition) is 7. The number of rotatable bonds is 6. The zero-order valence-corrected chi connectivity index (χ0v) is 18.3. The molecule has 2 aromatic heterocycles. The minimum absolute atomic E-state index is 0.0701. The Hall–Kier alpha value is -3.73. The van der Waals surface area contributed by atoms with Crippen molar-refractivity contribution in [2.75, 3.05) is 16.0 Å². The number of benzene rings is 1. The summed E-state index contributed by atoms with van der Waals surface area (Å²) < 4.78 is 24.1. The highest BCUT2D eigenvalue weighted by molar-refractivity contribution is 7.14. The van der Waals surface area contributed by atoms with Crippen LogP contribution < -0.4 is 16.0 Å². The number of amides is 3. The van der Waals surface area contributed by atoms with Crippen molar-refractivity contribution in [1.82, 2.24) is 4.98 Å². The molecule has 0 atom stereocenters. The summed E-state index contributed by atoms with van der Waals surface area (Å²) in [5, 5.41) is 9.47. The van der Waals surface area contributed by atoms with Crippen LogP contribution in [0.25, 0.3) is 0 Å². The Morgan fingerprint density at radius 3 is 2.62 bits per heavy atom. The van der Waals surface area contributed by atoms with E-state index < -0.39 is 29.3 Å². The zero-order chi connectivity index (χ0) is 23.3. The Balaban J connectivity index is 1.57. The maximum Gasteiger partial charge on any atom is 0.412 e. The Kier molecular flexibility index (Phi) is 6.89. The SMILES string of the molecule is CC(C)(C)OC(=O)Nc1cc(NC(=O)Cc2csc(NC(=O)c3ccco3)n2)ccc1F. The summed E-state index contributed by atoms with van der Waals surface area (Å²) in [6, 6.07) is 6.88. The quantitative estimate of drug-likeness (QED) is 0.492. The van der Waals surface area contributed by atoms with Crippen LogP contribution in [0.3, 0.4) is 0 Å². The molecule has 2 heterocycles. The molecule has 9 nitrogen and oxygen atoms in total. The molecule has 0 spiro atoms. The van der Waals surface area contributed by atoms with Crippen molar-refractivity contribution in [3.05, 3.63) is 59.2 Å². The lowest BCUT2D eigenvalue weighted by molar-refractivity contribution is -0.115. The fraction of sp³-hybridized carbons (Fsp3) is 0.238. The van der Waals surface area contributed by atoms with E-state index in [9.17, 15) is 18.8 Å². The molecule has 0 unspecified atom stereocenters. The first-order valence-electron chi connectivity index (χ1n) is 9.48. The number of thiazole rings is 1. The average Bonchev–Trinajstić information content (AvgIpc) is 3.35. The van der Waals surface area contributed by atoms with Crippen LogP contribution in [0.5, 0.6) is 0 Å². The molecule has 0 saturated heterocycles. The minimum atomic E-state index is -0.813. The molecule has 0 saturated carbocycles. The van der Waals surface area contributed by atoms with Gasteiger partial charge in [0.2, 0.25) is 5.91 Å². The molecule has 32 heavy (non-hydrogen) atoms. The van der Waals surface area contributed by atoms with E-state index in [0.717, 1.165) is 17.4 Å². The van der Waals surface area contributed by atoms with E-state index in [1.807, 2.05) is 0 Å². The van der Waals surface area contributed by atoms with Gasteiger partial charge < -0.3 is 14.5 Å². The largest absolute Gasteiger partial charge is 0.459 e. The van der Waals surface area contributed by atoms with Gasteiger partial charge in [0.05, 0.1) is 24.1 Å². The Morgan fingerprint density at radius 2 is 1.94 bits per heavy atom. The first kappa shape index (κ1) is 22.9. The van der Waals surface area contributed by atoms with Gasteiger partial charge in [-0.3, -0.25) is 20.2 Å². The van der Waals surface area contributed by atoms with Crippen molar-refractivity contribution in [2.24, 2.45) is 0 Å². The summed E-state index contributed by atoms with van der Waals surface area (Å²) in [4.78, 5) is 40.4. The summed E-state index contributed by atoms with van der Waals surface area (Å²) >= 11 is 1.16. The number of nitrogens with one attached hydrogen (secondary N) is 3. The van der Waals surface area contributed by atoms with Gasteiger partial charge in [-0.15, -0.1) is 11.3 Å². The van der Waals surface area contributed by atoms with Gasteiger partial charge in [-0.05, 0) is 51.1 Å². The van der Waals surface area contributed by atoms with E-state index >= 15 is 0 Å². The number of ether oxygens (including phenoxy) is 1. The van der Waals surface area contributed by atoms with Crippen LogP contribution in [0.1, 0.15) is 37.0 Å². The smallest absolute Gasteiger partial charge is 0.412 e. The first-order chi connectivity index (χ1) is 15.1. The fourth-order valence-corrected chi connectivity index (χ4v) is 3.20. The molecule has 3 amide bonds. The number of halogens is 1. The number of hydrogen-bond donors (Lipinski definition) is 3. The lowest BCUT2D eigenvalue weighted by Crippen LogP contribution is -2.27. The number of carbonyl (C=O) groups is 3. The van der Waals surface area contributed by atoms with Crippen LogP contribution in [0.4, 0.5) is 25.7 Å². The van der Waals surface area contributed by atoms with Crippen molar-refractivity contribution in [3.8, 4) is 0 Å². The number of aromatic nitrogens is 1. The van der Waals surface area contributed by atoms with Crippen molar-refractivity contribution < 1.29 is 27.9 Å². The molecule has 3 rings (SSSR count). The van der Waals surface area contributed by atoms with E-state index in [0.29, 0.717) is 10.8 Å². The molecule has 0 aliphatic carbocycles. The lowest BCUT2D eigenvalue weighted by Gasteiger charge is -2.20. The minimum Gasteiger partial charge on any atom is -0.459 e. The van der Waals surface area contributed by atoms with E-state index in [1.165, 1.54) is 24.5 Å². The van der Waals surface area contributed by atoms with E-state index in [4.69, 9.17) is 9.15 Å². The first-order valence-corrected chi connectivity index (χ1v) is 10.4. The van der Waals surface area contributed by atoms with Gasteiger partial charge in [-0.1, -0.05) is 0 Å². The van der Waals surface area contributed by atoms with E-state index in [2.05, 4.69) is 20.9 Å². The maximum absolute atomic E-state index is 14.0. The third-order valence-electron chi connectivity index (χ3n) is 3.74. The molecule has 11 heteroatoms. The van der Waals surface area contributed by atoms with Crippen LogP contribution >= 0.6 is 11.3 Å². The highest BCUT2D eigenvalue weighted by Gasteiger charge is 2.18. The molecule has 3 N–H and O–H groups in total. The molecule has 0 bridgehead atoms.